The molecule has 0 radical (unpaired) electrons. The number of rotatable bonds is 6. The maximum Gasteiger partial charge on any atom is 0.0410 e. The normalized spacial score (nSPS) is 13.7. The Kier molecular flexibility index (Phi) is 5.60. The molecule has 3 heteroatoms. The number of nitrogens with zero attached hydrogens (tertiary/aromatic N) is 1. The molecule has 0 aromatic carbocycles. The number of aromatic nitrogens is 1. The molecule has 0 bridgehead atoms. The summed E-state index contributed by atoms with van der Waals surface area (Å²) in [5.74, 6) is 0. The van der Waals surface area contributed by atoms with Crippen LogP contribution in [0.1, 0.15) is 39.7 Å². The van der Waals surface area contributed by atoms with Gasteiger partial charge in [-0.3, -0.25) is 4.98 Å². The summed E-state index contributed by atoms with van der Waals surface area (Å²) < 4.78 is 1.06. The average Bonchev–Trinajstić information content (AvgIpc) is 2.28. The molecule has 17 heavy (non-hydrogen) atoms. The van der Waals surface area contributed by atoms with Crippen molar-refractivity contribution in [3.63, 3.8) is 0 Å². The van der Waals surface area contributed by atoms with E-state index < -0.39 is 0 Å². The molecule has 0 saturated carbocycles. The molecule has 0 fully saturated rings. The first kappa shape index (κ1) is 14.7. The van der Waals surface area contributed by atoms with Crippen LogP contribution in [0.3, 0.4) is 0 Å². The van der Waals surface area contributed by atoms with Crippen molar-refractivity contribution >= 4 is 15.9 Å². The fraction of sp³-hybridized carbons (Fsp3) is 0.643. The summed E-state index contributed by atoms with van der Waals surface area (Å²) in [5.41, 5.74) is 1.59. The highest BCUT2D eigenvalue weighted by atomic mass is 79.9. The van der Waals surface area contributed by atoms with E-state index in [9.17, 15) is 0 Å². The topological polar surface area (TPSA) is 24.9 Å². The lowest BCUT2D eigenvalue weighted by Gasteiger charge is -2.34. The van der Waals surface area contributed by atoms with Gasteiger partial charge >= 0.3 is 0 Å². The van der Waals surface area contributed by atoms with Gasteiger partial charge in [0.05, 0.1) is 0 Å². The number of likely N-dealkylation sites (N-methyl/N-ethyl adjacent to an activating group) is 1. The number of pyridine rings is 1. The van der Waals surface area contributed by atoms with E-state index in [0.717, 1.165) is 17.4 Å². The largest absolute Gasteiger partial charge is 0.313 e. The quantitative estimate of drug-likeness (QED) is 0.864. The van der Waals surface area contributed by atoms with Gasteiger partial charge in [-0.2, -0.15) is 0 Å². The second-order valence-corrected chi connectivity index (χ2v) is 6.08. The minimum atomic E-state index is 0.304. The van der Waals surface area contributed by atoms with Gasteiger partial charge < -0.3 is 5.32 Å². The zero-order valence-corrected chi connectivity index (χ0v) is 12.8. The molecule has 1 aromatic rings. The molecule has 0 amide bonds. The molecule has 0 saturated heterocycles. The van der Waals surface area contributed by atoms with Crippen LogP contribution in [0.4, 0.5) is 0 Å². The van der Waals surface area contributed by atoms with E-state index in [-0.39, 0.29) is 0 Å². The lowest BCUT2D eigenvalue weighted by molar-refractivity contribution is 0.232. The van der Waals surface area contributed by atoms with Crippen molar-refractivity contribution in [3.8, 4) is 0 Å². The van der Waals surface area contributed by atoms with E-state index in [1.807, 2.05) is 12.4 Å². The molecule has 1 aromatic heterocycles. The first-order valence-corrected chi connectivity index (χ1v) is 7.11. The highest BCUT2D eigenvalue weighted by Crippen LogP contribution is 2.27. The monoisotopic (exact) mass is 298 g/mol. The van der Waals surface area contributed by atoms with Crippen molar-refractivity contribution in [2.24, 2.45) is 5.41 Å². The molecule has 1 rings (SSSR count). The number of halogens is 1. The Hall–Kier alpha value is -0.410. The lowest BCUT2D eigenvalue weighted by Crippen LogP contribution is -2.43. The lowest BCUT2D eigenvalue weighted by atomic mass is 9.79. The van der Waals surface area contributed by atoms with Crippen molar-refractivity contribution in [1.82, 2.24) is 10.3 Å². The Morgan fingerprint density at radius 1 is 1.35 bits per heavy atom. The van der Waals surface area contributed by atoms with Gasteiger partial charge in [-0.25, -0.2) is 0 Å². The van der Waals surface area contributed by atoms with Gasteiger partial charge in [-0.1, -0.05) is 27.7 Å². The Morgan fingerprint density at radius 3 is 2.59 bits per heavy atom. The highest BCUT2D eigenvalue weighted by Gasteiger charge is 2.27. The maximum atomic E-state index is 4.23. The number of hydrogen-bond donors (Lipinski definition) is 1. The predicted molar refractivity (Wildman–Crippen MR) is 77.2 cm³/mol. The average molecular weight is 299 g/mol. The molecule has 1 heterocycles. The minimum Gasteiger partial charge on any atom is -0.313 e. The van der Waals surface area contributed by atoms with Crippen molar-refractivity contribution in [3.05, 3.63) is 28.5 Å². The van der Waals surface area contributed by atoms with Crippen molar-refractivity contribution in [1.29, 1.82) is 0 Å². The molecule has 1 atom stereocenters. The van der Waals surface area contributed by atoms with Gasteiger partial charge in [0.15, 0.2) is 0 Å². The fourth-order valence-electron chi connectivity index (χ4n) is 1.92. The molecule has 96 valence electrons. The number of nitrogens with one attached hydrogen (secondary N) is 1. The van der Waals surface area contributed by atoms with Crippen LogP contribution in [0.2, 0.25) is 0 Å². The summed E-state index contributed by atoms with van der Waals surface area (Å²) in [4.78, 5) is 4.23. The molecule has 0 aliphatic rings. The zero-order valence-electron chi connectivity index (χ0n) is 11.3. The molecular weight excluding hydrogens is 276 g/mol. The van der Waals surface area contributed by atoms with E-state index in [1.54, 1.807) is 0 Å². The van der Waals surface area contributed by atoms with Gasteiger partial charge in [-0.05, 0) is 52.4 Å². The summed E-state index contributed by atoms with van der Waals surface area (Å²) in [6, 6.07) is 2.65. The van der Waals surface area contributed by atoms with Crippen LogP contribution in [0.25, 0.3) is 0 Å². The third kappa shape index (κ3) is 4.40. The summed E-state index contributed by atoms with van der Waals surface area (Å²) in [6.07, 6.45) is 5.99. The maximum absolute atomic E-state index is 4.23. The van der Waals surface area contributed by atoms with Crippen molar-refractivity contribution in [2.45, 2.75) is 46.6 Å². The van der Waals surface area contributed by atoms with E-state index >= 15 is 0 Å². The van der Waals surface area contributed by atoms with Crippen LogP contribution in [-0.4, -0.2) is 17.6 Å². The fourth-order valence-corrected chi connectivity index (χ4v) is 2.33. The highest BCUT2D eigenvalue weighted by molar-refractivity contribution is 9.10. The van der Waals surface area contributed by atoms with E-state index in [0.29, 0.717) is 11.5 Å². The Morgan fingerprint density at radius 2 is 2.06 bits per heavy atom. The predicted octanol–water partition coefficient (Wildman–Crippen LogP) is 3.80. The van der Waals surface area contributed by atoms with Crippen LogP contribution < -0.4 is 5.32 Å². The van der Waals surface area contributed by atoms with Gasteiger partial charge in [0.25, 0.3) is 0 Å². The summed E-state index contributed by atoms with van der Waals surface area (Å²) in [7, 11) is 0. The zero-order chi connectivity index (χ0) is 12.9. The smallest absolute Gasteiger partial charge is 0.0410 e. The summed E-state index contributed by atoms with van der Waals surface area (Å²) in [6.45, 7) is 10.1. The van der Waals surface area contributed by atoms with Gasteiger partial charge in [-0.15, -0.1) is 0 Å². The second kappa shape index (κ2) is 6.50. The molecule has 0 spiro atoms. The molecule has 1 N–H and O–H groups in total. The van der Waals surface area contributed by atoms with Crippen LogP contribution >= 0.6 is 15.9 Å². The van der Waals surface area contributed by atoms with E-state index in [2.05, 4.69) is 60.0 Å². The Balaban J connectivity index is 2.80. The first-order chi connectivity index (χ1) is 7.99. The molecule has 2 nitrogen and oxygen atoms in total. The van der Waals surface area contributed by atoms with E-state index in [1.165, 1.54) is 12.0 Å². The van der Waals surface area contributed by atoms with Crippen LogP contribution in [-0.2, 0) is 6.42 Å². The SMILES string of the molecule is CCNC(Cc1cncc(Br)c1)C(C)(C)CC. The summed E-state index contributed by atoms with van der Waals surface area (Å²) >= 11 is 3.48. The number of hydrogen-bond acceptors (Lipinski definition) is 2. The Labute approximate surface area is 113 Å². The minimum absolute atomic E-state index is 0.304. The third-order valence-corrected chi connectivity index (χ3v) is 3.94. The van der Waals surface area contributed by atoms with Crippen molar-refractivity contribution in [2.75, 3.05) is 6.54 Å². The second-order valence-electron chi connectivity index (χ2n) is 5.17. The molecule has 1 unspecified atom stereocenters. The molecular formula is C14H23BrN2. The van der Waals surface area contributed by atoms with Crippen LogP contribution in [0.15, 0.2) is 22.9 Å². The van der Waals surface area contributed by atoms with E-state index in [4.69, 9.17) is 0 Å². The van der Waals surface area contributed by atoms with Crippen LogP contribution in [0, 0.1) is 5.41 Å². The first-order valence-electron chi connectivity index (χ1n) is 6.32. The summed E-state index contributed by atoms with van der Waals surface area (Å²) in [5, 5.41) is 3.60. The van der Waals surface area contributed by atoms with Crippen molar-refractivity contribution < 1.29 is 0 Å². The third-order valence-electron chi connectivity index (χ3n) is 3.51. The van der Waals surface area contributed by atoms with Gasteiger partial charge in [0, 0.05) is 22.9 Å². The van der Waals surface area contributed by atoms with Crippen LogP contribution in [0.5, 0.6) is 0 Å². The molecule has 0 aliphatic carbocycles. The standard InChI is InChI=1S/C14H23BrN2/c1-5-14(3,4)13(17-6-2)8-11-7-12(15)10-16-9-11/h7,9-10,13,17H,5-6,8H2,1-4H3. The van der Waals surface area contributed by atoms with Gasteiger partial charge in [0.1, 0.15) is 0 Å². The van der Waals surface area contributed by atoms with Gasteiger partial charge in [0.2, 0.25) is 0 Å². The molecule has 0 aliphatic heterocycles. The Bertz CT molecular complexity index is 350.